The first kappa shape index (κ1) is 14.9. The molecular formula is C16H24BrNO. The third-order valence-electron chi connectivity index (χ3n) is 4.14. The van der Waals surface area contributed by atoms with Gasteiger partial charge in [-0.05, 0) is 71.3 Å². The molecule has 0 saturated heterocycles. The first-order valence-electron chi connectivity index (χ1n) is 7.22. The molecule has 0 bridgehead atoms. The molecule has 1 aliphatic carbocycles. The summed E-state index contributed by atoms with van der Waals surface area (Å²) in [6.07, 6.45) is 6.47. The summed E-state index contributed by atoms with van der Waals surface area (Å²) in [5.74, 6) is 0.913. The molecule has 0 heterocycles. The van der Waals surface area contributed by atoms with Gasteiger partial charge in [-0.3, -0.25) is 0 Å². The summed E-state index contributed by atoms with van der Waals surface area (Å²) in [5, 5.41) is 3.60. The molecule has 2 nitrogen and oxygen atoms in total. The minimum absolute atomic E-state index is 0.489. The molecule has 1 aromatic rings. The second kappa shape index (κ2) is 6.76. The van der Waals surface area contributed by atoms with Crippen LogP contribution in [0, 0.1) is 5.41 Å². The van der Waals surface area contributed by atoms with Crippen LogP contribution in [0.2, 0.25) is 0 Å². The maximum absolute atomic E-state index is 5.29. The van der Waals surface area contributed by atoms with Crippen molar-refractivity contribution in [3.8, 4) is 5.75 Å². The van der Waals surface area contributed by atoms with Gasteiger partial charge in [0, 0.05) is 6.54 Å². The molecule has 19 heavy (non-hydrogen) atoms. The van der Waals surface area contributed by atoms with Crippen molar-refractivity contribution in [1.29, 1.82) is 0 Å². The molecule has 0 unspecified atom stereocenters. The van der Waals surface area contributed by atoms with Gasteiger partial charge in [0.2, 0.25) is 0 Å². The number of hydrogen-bond donors (Lipinski definition) is 1. The van der Waals surface area contributed by atoms with Gasteiger partial charge in [-0.2, -0.15) is 0 Å². The highest BCUT2D eigenvalue weighted by atomic mass is 79.9. The van der Waals surface area contributed by atoms with Gasteiger partial charge in [0.05, 0.1) is 11.6 Å². The van der Waals surface area contributed by atoms with Crippen LogP contribution in [-0.2, 0) is 6.42 Å². The smallest absolute Gasteiger partial charge is 0.133 e. The monoisotopic (exact) mass is 325 g/mol. The molecule has 0 aliphatic heterocycles. The molecule has 1 aromatic carbocycles. The highest BCUT2D eigenvalue weighted by Gasteiger charge is 2.36. The lowest BCUT2D eigenvalue weighted by Crippen LogP contribution is -2.41. The molecule has 106 valence electrons. The Kier molecular flexibility index (Phi) is 5.28. The standard InChI is InChI=1S/C16H24BrNO/c1-3-9-18-12-16(7-4-8-16)11-13-5-6-15(19-2)14(17)10-13/h5-6,10,18H,3-4,7-9,11-12H2,1-2H3. The Balaban J connectivity index is 1.99. The van der Waals surface area contributed by atoms with E-state index in [1.165, 1.54) is 37.7 Å². The zero-order valence-electron chi connectivity index (χ0n) is 12.0. The number of ether oxygens (including phenoxy) is 1. The average molecular weight is 326 g/mol. The summed E-state index contributed by atoms with van der Waals surface area (Å²) in [6.45, 7) is 4.51. The predicted octanol–water partition coefficient (Wildman–Crippen LogP) is 4.17. The summed E-state index contributed by atoms with van der Waals surface area (Å²) in [4.78, 5) is 0. The van der Waals surface area contributed by atoms with Crippen LogP contribution in [0.15, 0.2) is 22.7 Å². The minimum atomic E-state index is 0.489. The summed E-state index contributed by atoms with van der Waals surface area (Å²) in [7, 11) is 1.71. The van der Waals surface area contributed by atoms with Crippen molar-refractivity contribution < 1.29 is 4.74 Å². The first-order valence-corrected chi connectivity index (χ1v) is 8.01. The van der Waals surface area contributed by atoms with Gasteiger partial charge in [0.15, 0.2) is 0 Å². The fourth-order valence-corrected chi connectivity index (χ4v) is 3.46. The van der Waals surface area contributed by atoms with E-state index in [1.807, 2.05) is 0 Å². The predicted molar refractivity (Wildman–Crippen MR) is 83.8 cm³/mol. The molecule has 0 spiro atoms. The van der Waals surface area contributed by atoms with E-state index in [9.17, 15) is 0 Å². The summed E-state index contributed by atoms with van der Waals surface area (Å²) in [5.41, 5.74) is 1.90. The number of halogens is 1. The van der Waals surface area contributed by atoms with Crippen molar-refractivity contribution in [2.45, 2.75) is 39.0 Å². The normalized spacial score (nSPS) is 17.0. The van der Waals surface area contributed by atoms with Gasteiger partial charge in [-0.25, -0.2) is 0 Å². The van der Waals surface area contributed by atoms with Gasteiger partial charge >= 0.3 is 0 Å². The lowest BCUT2D eigenvalue weighted by atomic mass is 9.65. The SMILES string of the molecule is CCCNCC1(Cc2ccc(OC)c(Br)c2)CCC1. The Morgan fingerprint density at radius 3 is 2.68 bits per heavy atom. The van der Waals surface area contributed by atoms with Crippen LogP contribution in [-0.4, -0.2) is 20.2 Å². The lowest BCUT2D eigenvalue weighted by molar-refractivity contribution is 0.130. The molecule has 1 aliphatic rings. The largest absolute Gasteiger partial charge is 0.496 e. The average Bonchev–Trinajstić information content (AvgIpc) is 2.36. The van der Waals surface area contributed by atoms with Crippen molar-refractivity contribution in [3.05, 3.63) is 28.2 Å². The maximum Gasteiger partial charge on any atom is 0.133 e. The molecule has 0 aromatic heterocycles. The number of nitrogens with one attached hydrogen (secondary N) is 1. The fraction of sp³-hybridized carbons (Fsp3) is 0.625. The highest BCUT2D eigenvalue weighted by molar-refractivity contribution is 9.10. The zero-order chi connectivity index (χ0) is 13.7. The summed E-state index contributed by atoms with van der Waals surface area (Å²) < 4.78 is 6.35. The number of rotatable bonds is 7. The second-order valence-electron chi connectivity index (χ2n) is 5.68. The second-order valence-corrected chi connectivity index (χ2v) is 6.53. The Hall–Kier alpha value is -0.540. The van der Waals surface area contributed by atoms with Crippen molar-refractivity contribution in [2.24, 2.45) is 5.41 Å². The molecule has 1 N–H and O–H groups in total. The Bertz CT molecular complexity index is 415. The number of benzene rings is 1. The number of methoxy groups -OCH3 is 1. The summed E-state index contributed by atoms with van der Waals surface area (Å²) >= 11 is 3.58. The van der Waals surface area contributed by atoms with Crippen LogP contribution in [0.4, 0.5) is 0 Å². The first-order chi connectivity index (χ1) is 9.19. The molecule has 0 amide bonds. The van der Waals surface area contributed by atoms with Gasteiger partial charge in [0.1, 0.15) is 5.75 Å². The molecule has 1 fully saturated rings. The summed E-state index contributed by atoms with van der Waals surface area (Å²) in [6, 6.07) is 6.47. The zero-order valence-corrected chi connectivity index (χ0v) is 13.6. The molecule has 0 radical (unpaired) electrons. The molecule has 2 rings (SSSR count). The molecular weight excluding hydrogens is 302 g/mol. The van der Waals surface area contributed by atoms with Gasteiger partial charge < -0.3 is 10.1 Å². The van der Waals surface area contributed by atoms with Crippen LogP contribution in [0.1, 0.15) is 38.2 Å². The van der Waals surface area contributed by atoms with E-state index in [0.29, 0.717) is 5.41 Å². The van der Waals surface area contributed by atoms with Gasteiger partial charge in [-0.15, -0.1) is 0 Å². The Morgan fingerprint density at radius 2 is 2.16 bits per heavy atom. The minimum Gasteiger partial charge on any atom is -0.496 e. The van der Waals surface area contributed by atoms with Crippen LogP contribution in [0.3, 0.4) is 0 Å². The van der Waals surface area contributed by atoms with E-state index in [-0.39, 0.29) is 0 Å². The Morgan fingerprint density at radius 1 is 1.37 bits per heavy atom. The van der Waals surface area contributed by atoms with E-state index in [1.54, 1.807) is 7.11 Å². The van der Waals surface area contributed by atoms with Crippen molar-refractivity contribution in [2.75, 3.05) is 20.2 Å². The maximum atomic E-state index is 5.29. The van der Waals surface area contributed by atoms with E-state index in [0.717, 1.165) is 23.3 Å². The molecule has 3 heteroatoms. The van der Waals surface area contributed by atoms with Crippen molar-refractivity contribution in [1.82, 2.24) is 5.32 Å². The topological polar surface area (TPSA) is 21.3 Å². The van der Waals surface area contributed by atoms with Crippen molar-refractivity contribution in [3.63, 3.8) is 0 Å². The van der Waals surface area contributed by atoms with Gasteiger partial charge in [-0.1, -0.05) is 19.4 Å². The van der Waals surface area contributed by atoms with Crippen LogP contribution < -0.4 is 10.1 Å². The highest BCUT2D eigenvalue weighted by Crippen LogP contribution is 2.43. The van der Waals surface area contributed by atoms with E-state index in [4.69, 9.17) is 4.74 Å². The van der Waals surface area contributed by atoms with E-state index < -0.39 is 0 Å². The Labute approximate surface area is 125 Å². The quantitative estimate of drug-likeness (QED) is 0.759. The lowest BCUT2D eigenvalue weighted by Gasteiger charge is -2.42. The van der Waals surface area contributed by atoms with Gasteiger partial charge in [0.25, 0.3) is 0 Å². The fourth-order valence-electron chi connectivity index (χ4n) is 2.88. The van der Waals surface area contributed by atoms with Crippen molar-refractivity contribution >= 4 is 15.9 Å². The third kappa shape index (κ3) is 3.73. The van der Waals surface area contributed by atoms with Crippen LogP contribution in [0.5, 0.6) is 5.75 Å². The van der Waals surface area contributed by atoms with E-state index in [2.05, 4.69) is 46.4 Å². The third-order valence-corrected chi connectivity index (χ3v) is 4.76. The molecule has 0 atom stereocenters. The molecule has 1 saturated carbocycles. The van der Waals surface area contributed by atoms with Crippen LogP contribution >= 0.6 is 15.9 Å². The van der Waals surface area contributed by atoms with Crippen LogP contribution in [0.25, 0.3) is 0 Å². The van der Waals surface area contributed by atoms with E-state index >= 15 is 0 Å². The number of hydrogen-bond acceptors (Lipinski definition) is 2.